The molecule has 13 heavy (non-hydrogen) atoms. The third-order valence-corrected chi connectivity index (χ3v) is 1.60. The summed E-state index contributed by atoms with van der Waals surface area (Å²) in [6.45, 7) is 4.00. The van der Waals surface area contributed by atoms with E-state index in [0.717, 1.165) is 6.42 Å². The summed E-state index contributed by atoms with van der Waals surface area (Å²) in [6, 6.07) is 10.4. The molecule has 0 amide bonds. The fourth-order valence-electron chi connectivity index (χ4n) is 0.703. The predicted molar refractivity (Wildman–Crippen MR) is 69.9 cm³/mol. The Hall–Kier alpha value is 0.716. The van der Waals surface area contributed by atoms with Crippen molar-refractivity contribution in [2.45, 2.75) is 20.3 Å². The Morgan fingerprint density at radius 2 is 1.62 bits per heavy atom. The minimum atomic E-state index is 0. The smallest absolute Gasteiger partial charge is 0.335 e. The van der Waals surface area contributed by atoms with Crippen molar-refractivity contribution in [1.82, 2.24) is 0 Å². The average molecular weight is 298 g/mol. The minimum absolute atomic E-state index is 0. The van der Waals surface area contributed by atoms with Crippen molar-refractivity contribution < 1.29 is 0 Å². The van der Waals surface area contributed by atoms with Crippen molar-refractivity contribution in [3.8, 4) is 0 Å². The molecule has 1 rings (SSSR count). The first-order valence-corrected chi connectivity index (χ1v) is 5.29. The van der Waals surface area contributed by atoms with Crippen LogP contribution in [0.15, 0.2) is 30.3 Å². The predicted octanol–water partition coefficient (Wildman–Crippen LogP) is 3.68. The van der Waals surface area contributed by atoms with Gasteiger partial charge in [0.2, 0.25) is 0 Å². The van der Waals surface area contributed by atoms with Crippen LogP contribution in [0.1, 0.15) is 19.4 Å². The Kier molecular flexibility index (Phi) is 15.8. The van der Waals surface area contributed by atoms with Gasteiger partial charge in [0.25, 0.3) is 0 Å². The van der Waals surface area contributed by atoms with Gasteiger partial charge in [-0.15, -0.1) is 6.42 Å². The summed E-state index contributed by atoms with van der Waals surface area (Å²) in [5, 5.41) is 0. The fraction of sp³-hybridized carbons (Fsp3) is 0.273. The molecule has 0 N–H and O–H groups in total. The van der Waals surface area contributed by atoms with E-state index in [1.807, 2.05) is 26.3 Å². The molecule has 0 atom stereocenters. The van der Waals surface area contributed by atoms with Crippen LogP contribution < -0.4 is 0 Å². The van der Waals surface area contributed by atoms with E-state index in [2.05, 4.69) is 51.3 Å². The second-order valence-electron chi connectivity index (χ2n) is 2.42. The Labute approximate surface area is 112 Å². The van der Waals surface area contributed by atoms with Gasteiger partial charge in [0, 0.05) is 0 Å². The molecule has 0 radical (unpaired) electrons. The van der Waals surface area contributed by atoms with Crippen LogP contribution in [0.5, 0.6) is 0 Å². The van der Waals surface area contributed by atoms with Crippen LogP contribution in [0.3, 0.4) is 0 Å². The second-order valence-corrected chi connectivity index (χ2v) is 3.30. The summed E-state index contributed by atoms with van der Waals surface area (Å²) >= 11 is 2.27. The van der Waals surface area contributed by atoms with Gasteiger partial charge < -0.3 is 29.0 Å². The molecule has 0 aliphatic heterocycles. The molecule has 0 aromatic heterocycles. The molecular weight excluding hydrogens is 283 g/mol. The van der Waals surface area contributed by atoms with Crippen molar-refractivity contribution in [2.75, 3.05) is 0 Å². The Morgan fingerprint density at radius 3 is 2.00 bits per heavy atom. The maximum absolute atomic E-state index is 2.27. The van der Waals surface area contributed by atoms with Gasteiger partial charge >= 0.3 is 23.1 Å². The van der Waals surface area contributed by atoms with E-state index in [-0.39, 0.29) is 23.1 Å². The average Bonchev–Trinajstić information content (AvgIpc) is 2.08. The van der Waals surface area contributed by atoms with Crippen LogP contribution in [0.2, 0.25) is 0 Å². The first-order valence-electron chi connectivity index (χ1n) is 4.05. The molecule has 0 fully saturated rings. The molecule has 0 heterocycles. The van der Waals surface area contributed by atoms with Gasteiger partial charge in [-0.2, -0.15) is 13.8 Å². The zero-order chi connectivity index (χ0) is 9.23. The molecule has 0 spiro atoms. The van der Waals surface area contributed by atoms with E-state index < -0.39 is 0 Å². The normalized spacial score (nSPS) is 7.92. The van der Waals surface area contributed by atoms with E-state index in [9.17, 15) is 0 Å². The second kappa shape index (κ2) is 12.7. The summed E-state index contributed by atoms with van der Waals surface area (Å²) in [6.07, 6.45) is 3.07. The SMILES string of the molecule is C[CH-]C.I[CH-]Cc1ccccc1.[Mg+2]. The van der Waals surface area contributed by atoms with Crippen LogP contribution in [0, 0.1) is 10.8 Å². The zero-order valence-corrected chi connectivity index (χ0v) is 11.9. The van der Waals surface area contributed by atoms with Crippen LogP contribution in [-0.4, -0.2) is 23.1 Å². The van der Waals surface area contributed by atoms with Gasteiger partial charge in [-0.25, -0.2) is 0 Å². The largest absolute Gasteiger partial charge is 2.00 e. The van der Waals surface area contributed by atoms with Crippen molar-refractivity contribution in [3.63, 3.8) is 0 Å². The minimum Gasteiger partial charge on any atom is -0.335 e. The molecule has 0 aliphatic carbocycles. The van der Waals surface area contributed by atoms with Gasteiger partial charge in [0.15, 0.2) is 0 Å². The van der Waals surface area contributed by atoms with Crippen molar-refractivity contribution in [2.24, 2.45) is 0 Å². The van der Waals surface area contributed by atoms with Crippen LogP contribution >= 0.6 is 22.6 Å². The van der Waals surface area contributed by atoms with Crippen LogP contribution in [0.4, 0.5) is 0 Å². The third-order valence-electron chi connectivity index (χ3n) is 1.16. The standard InChI is InChI=1S/C8H8I.C3H7.Mg/c9-7-6-8-4-2-1-3-5-8;1-3-2;/h1-5,7H,6H2;3H,1-2H3;/q2*-1;+2. The fourth-order valence-corrected chi connectivity index (χ4v) is 1.21. The van der Waals surface area contributed by atoms with Crippen molar-refractivity contribution >= 4 is 45.6 Å². The van der Waals surface area contributed by atoms with Crippen LogP contribution in [0.25, 0.3) is 0 Å². The maximum Gasteiger partial charge on any atom is 2.00 e. The number of hydrogen-bond acceptors (Lipinski definition) is 0. The maximum atomic E-state index is 2.27. The zero-order valence-electron chi connectivity index (χ0n) is 8.33. The number of rotatable bonds is 2. The third kappa shape index (κ3) is 10.6. The molecule has 68 valence electrons. The topological polar surface area (TPSA) is 0 Å². The van der Waals surface area contributed by atoms with Crippen molar-refractivity contribution in [1.29, 1.82) is 0 Å². The van der Waals surface area contributed by atoms with Crippen LogP contribution in [-0.2, 0) is 6.42 Å². The Morgan fingerprint density at radius 1 is 1.15 bits per heavy atom. The van der Waals surface area contributed by atoms with E-state index in [1.165, 1.54) is 5.56 Å². The molecule has 0 aliphatic rings. The molecule has 0 saturated carbocycles. The first-order chi connectivity index (χ1) is 5.85. The number of halogens is 1. The van der Waals surface area contributed by atoms with Gasteiger partial charge in [0.1, 0.15) is 0 Å². The number of benzene rings is 1. The quantitative estimate of drug-likeness (QED) is 0.444. The molecule has 1 aromatic rings. The molecule has 0 unspecified atom stereocenters. The summed E-state index contributed by atoms with van der Waals surface area (Å²) in [5.74, 6) is 0. The van der Waals surface area contributed by atoms with Gasteiger partial charge in [-0.1, -0.05) is 35.9 Å². The molecule has 0 nitrogen and oxygen atoms in total. The monoisotopic (exact) mass is 298 g/mol. The summed E-state index contributed by atoms with van der Waals surface area (Å²) in [7, 11) is 0. The van der Waals surface area contributed by atoms with E-state index >= 15 is 0 Å². The van der Waals surface area contributed by atoms with Gasteiger partial charge in [0.05, 0.1) is 0 Å². The molecular formula is C11H15IMg. The molecule has 0 saturated heterocycles. The Balaban J connectivity index is 0. The molecule has 1 aromatic carbocycles. The van der Waals surface area contributed by atoms with E-state index in [4.69, 9.17) is 0 Å². The van der Waals surface area contributed by atoms with Gasteiger partial charge in [-0.3, -0.25) is 4.43 Å². The van der Waals surface area contributed by atoms with E-state index in [0.29, 0.717) is 0 Å². The molecule has 0 bridgehead atoms. The van der Waals surface area contributed by atoms with Gasteiger partial charge in [-0.05, 0) is 0 Å². The number of hydrogen-bond donors (Lipinski definition) is 0. The van der Waals surface area contributed by atoms with Crippen molar-refractivity contribution in [3.05, 3.63) is 46.7 Å². The first kappa shape index (κ1) is 16.2. The summed E-state index contributed by atoms with van der Waals surface area (Å²) < 4.78 is 2.13. The van der Waals surface area contributed by atoms with E-state index in [1.54, 1.807) is 0 Å². The Bertz CT molecular complexity index is 175. The molecule has 2 heteroatoms. The summed E-state index contributed by atoms with van der Waals surface area (Å²) in [5.41, 5.74) is 1.38. The summed E-state index contributed by atoms with van der Waals surface area (Å²) in [4.78, 5) is 0.